The Kier molecular flexibility index (Phi) is 4.20. The molecule has 0 spiro atoms. The first kappa shape index (κ1) is 14.7. The van der Waals surface area contributed by atoms with Crippen molar-refractivity contribution in [3.8, 4) is 5.75 Å². The van der Waals surface area contributed by atoms with Gasteiger partial charge in [0.25, 0.3) is 10.0 Å². The number of methoxy groups -OCH3 is 1. The summed E-state index contributed by atoms with van der Waals surface area (Å²) in [6.07, 6.45) is 0. The van der Waals surface area contributed by atoms with E-state index in [4.69, 9.17) is 16.3 Å². The Balaban J connectivity index is 2.46. The summed E-state index contributed by atoms with van der Waals surface area (Å²) in [4.78, 5) is 0.176. The second kappa shape index (κ2) is 5.73. The minimum Gasteiger partial charge on any atom is -0.495 e. The van der Waals surface area contributed by atoms with Crippen molar-refractivity contribution in [3.63, 3.8) is 0 Å². The van der Waals surface area contributed by atoms with E-state index in [9.17, 15) is 8.42 Å². The molecule has 20 heavy (non-hydrogen) atoms. The Hall–Kier alpha value is -1.72. The lowest BCUT2D eigenvalue weighted by Crippen LogP contribution is -2.26. The summed E-state index contributed by atoms with van der Waals surface area (Å²) in [5.41, 5.74) is 0.477. The SMILES string of the molecule is COc1ccccc1N(C)S(=O)(=O)c1ccc(Cl)cc1. The third-order valence-electron chi connectivity index (χ3n) is 2.90. The standard InChI is InChI=1S/C14H14ClNO3S/c1-16(13-5-3-4-6-14(13)19-2)20(17,18)12-9-7-11(15)8-10-12/h3-10H,1-2H3. The maximum Gasteiger partial charge on any atom is 0.264 e. The molecular weight excluding hydrogens is 298 g/mol. The van der Waals surface area contributed by atoms with Crippen LogP contribution in [0.15, 0.2) is 53.4 Å². The van der Waals surface area contributed by atoms with Crippen LogP contribution in [-0.2, 0) is 10.0 Å². The number of ether oxygens (including phenoxy) is 1. The normalized spacial score (nSPS) is 11.2. The molecule has 2 aromatic carbocycles. The molecule has 0 aliphatic rings. The first-order valence-corrected chi connectivity index (χ1v) is 7.66. The van der Waals surface area contributed by atoms with Crippen molar-refractivity contribution < 1.29 is 13.2 Å². The van der Waals surface area contributed by atoms with Gasteiger partial charge in [-0.15, -0.1) is 0 Å². The van der Waals surface area contributed by atoms with Gasteiger partial charge in [0.2, 0.25) is 0 Å². The van der Waals surface area contributed by atoms with Crippen LogP contribution in [-0.4, -0.2) is 22.6 Å². The smallest absolute Gasteiger partial charge is 0.264 e. The molecule has 0 atom stereocenters. The molecule has 0 aliphatic heterocycles. The Bertz CT molecular complexity index is 699. The molecular formula is C14H14ClNO3S. The fourth-order valence-corrected chi connectivity index (χ4v) is 3.12. The van der Waals surface area contributed by atoms with Crippen LogP contribution in [0.5, 0.6) is 5.75 Å². The Labute approximate surface area is 123 Å². The van der Waals surface area contributed by atoms with Gasteiger partial charge in [-0.25, -0.2) is 8.42 Å². The third-order valence-corrected chi connectivity index (χ3v) is 4.93. The lowest BCUT2D eigenvalue weighted by atomic mass is 10.3. The first-order chi connectivity index (χ1) is 9.46. The van der Waals surface area contributed by atoms with Gasteiger partial charge in [-0.05, 0) is 36.4 Å². The molecule has 2 aromatic rings. The van der Waals surface area contributed by atoms with Gasteiger partial charge in [0.1, 0.15) is 5.75 Å². The zero-order chi connectivity index (χ0) is 14.8. The van der Waals surface area contributed by atoms with E-state index in [0.717, 1.165) is 0 Å². The van der Waals surface area contributed by atoms with Crippen LogP contribution < -0.4 is 9.04 Å². The number of hydrogen-bond acceptors (Lipinski definition) is 3. The molecule has 0 bridgehead atoms. The molecule has 0 fully saturated rings. The number of anilines is 1. The quantitative estimate of drug-likeness (QED) is 0.871. The lowest BCUT2D eigenvalue weighted by Gasteiger charge is -2.21. The van der Waals surface area contributed by atoms with Crippen LogP contribution >= 0.6 is 11.6 Å². The predicted octanol–water partition coefficient (Wildman–Crippen LogP) is 3.17. The van der Waals surface area contributed by atoms with Crippen LogP contribution in [0.25, 0.3) is 0 Å². The molecule has 6 heteroatoms. The van der Waals surface area contributed by atoms with Crippen LogP contribution in [0.2, 0.25) is 5.02 Å². The highest BCUT2D eigenvalue weighted by molar-refractivity contribution is 7.92. The first-order valence-electron chi connectivity index (χ1n) is 5.84. The highest BCUT2D eigenvalue weighted by Crippen LogP contribution is 2.30. The Morgan fingerprint density at radius 1 is 1.05 bits per heavy atom. The summed E-state index contributed by atoms with van der Waals surface area (Å²) in [7, 11) is -0.657. The van der Waals surface area contributed by atoms with E-state index in [1.54, 1.807) is 36.4 Å². The Morgan fingerprint density at radius 3 is 2.25 bits per heavy atom. The monoisotopic (exact) mass is 311 g/mol. The van der Waals surface area contributed by atoms with Crippen molar-refractivity contribution in [2.75, 3.05) is 18.5 Å². The molecule has 0 N–H and O–H groups in total. The number of nitrogens with zero attached hydrogens (tertiary/aromatic N) is 1. The van der Waals surface area contributed by atoms with E-state index in [1.165, 1.54) is 30.6 Å². The van der Waals surface area contributed by atoms with Gasteiger partial charge < -0.3 is 4.74 Å². The van der Waals surface area contributed by atoms with Crippen LogP contribution in [0.3, 0.4) is 0 Å². The van der Waals surface area contributed by atoms with Crippen molar-refractivity contribution in [1.82, 2.24) is 0 Å². The highest BCUT2D eigenvalue weighted by atomic mass is 35.5. The summed E-state index contributed by atoms with van der Waals surface area (Å²) in [5, 5.41) is 0.490. The molecule has 0 heterocycles. The molecule has 4 nitrogen and oxygen atoms in total. The van der Waals surface area contributed by atoms with Gasteiger partial charge >= 0.3 is 0 Å². The molecule has 0 unspecified atom stereocenters. The van der Waals surface area contributed by atoms with E-state index in [0.29, 0.717) is 16.5 Å². The summed E-state index contributed by atoms with van der Waals surface area (Å²) >= 11 is 5.78. The summed E-state index contributed by atoms with van der Waals surface area (Å²) in [6.45, 7) is 0. The van der Waals surface area contributed by atoms with Gasteiger partial charge in [0.15, 0.2) is 0 Å². The number of para-hydroxylation sites is 2. The molecule has 2 rings (SSSR count). The van der Waals surface area contributed by atoms with Gasteiger partial charge in [0.05, 0.1) is 17.7 Å². The van der Waals surface area contributed by atoms with Gasteiger partial charge in [-0.2, -0.15) is 0 Å². The number of sulfonamides is 1. The topological polar surface area (TPSA) is 46.6 Å². The maximum absolute atomic E-state index is 12.5. The average Bonchev–Trinajstić information content (AvgIpc) is 2.46. The number of halogens is 1. The van der Waals surface area contributed by atoms with E-state index < -0.39 is 10.0 Å². The van der Waals surface area contributed by atoms with E-state index in [-0.39, 0.29) is 4.90 Å². The van der Waals surface area contributed by atoms with Crippen LogP contribution in [0.1, 0.15) is 0 Å². The number of benzene rings is 2. The molecule has 0 amide bonds. The van der Waals surface area contributed by atoms with E-state index in [2.05, 4.69) is 0 Å². The van der Waals surface area contributed by atoms with E-state index in [1.807, 2.05) is 0 Å². The second-order valence-corrected chi connectivity index (χ2v) is 6.50. The largest absolute Gasteiger partial charge is 0.495 e. The van der Waals surface area contributed by atoms with Crippen LogP contribution in [0, 0.1) is 0 Å². The minimum atomic E-state index is -3.65. The minimum absolute atomic E-state index is 0.176. The van der Waals surface area contributed by atoms with Crippen molar-refractivity contribution in [3.05, 3.63) is 53.6 Å². The zero-order valence-electron chi connectivity index (χ0n) is 11.1. The lowest BCUT2D eigenvalue weighted by molar-refractivity contribution is 0.416. The van der Waals surface area contributed by atoms with Gasteiger partial charge in [-0.3, -0.25) is 4.31 Å². The molecule has 0 aromatic heterocycles. The average molecular weight is 312 g/mol. The predicted molar refractivity (Wildman–Crippen MR) is 80.0 cm³/mol. The fraction of sp³-hybridized carbons (Fsp3) is 0.143. The molecule has 0 saturated carbocycles. The zero-order valence-corrected chi connectivity index (χ0v) is 12.6. The molecule has 0 saturated heterocycles. The van der Waals surface area contributed by atoms with Gasteiger partial charge in [0, 0.05) is 12.1 Å². The van der Waals surface area contributed by atoms with Crippen LogP contribution in [0.4, 0.5) is 5.69 Å². The Morgan fingerprint density at radius 2 is 1.65 bits per heavy atom. The number of hydrogen-bond donors (Lipinski definition) is 0. The van der Waals surface area contributed by atoms with Crippen molar-refractivity contribution in [2.45, 2.75) is 4.90 Å². The summed E-state index contributed by atoms with van der Waals surface area (Å²) < 4.78 is 31.5. The summed E-state index contributed by atoms with van der Waals surface area (Å²) in [6, 6.07) is 13.0. The molecule has 0 radical (unpaired) electrons. The van der Waals surface area contributed by atoms with Crippen molar-refractivity contribution >= 4 is 27.3 Å². The summed E-state index contributed by atoms with van der Waals surface area (Å²) in [5.74, 6) is 0.493. The van der Waals surface area contributed by atoms with Crippen molar-refractivity contribution in [2.24, 2.45) is 0 Å². The number of rotatable bonds is 4. The fourth-order valence-electron chi connectivity index (χ4n) is 1.78. The van der Waals surface area contributed by atoms with Crippen molar-refractivity contribution in [1.29, 1.82) is 0 Å². The molecule has 0 aliphatic carbocycles. The second-order valence-electron chi connectivity index (χ2n) is 4.10. The third kappa shape index (κ3) is 2.73. The molecule has 106 valence electrons. The maximum atomic E-state index is 12.5. The highest BCUT2D eigenvalue weighted by Gasteiger charge is 2.23. The van der Waals surface area contributed by atoms with E-state index >= 15 is 0 Å². The van der Waals surface area contributed by atoms with Gasteiger partial charge in [-0.1, -0.05) is 23.7 Å².